The summed E-state index contributed by atoms with van der Waals surface area (Å²) in [6.07, 6.45) is 5.57. The fourth-order valence-corrected chi connectivity index (χ4v) is 2.86. The highest BCUT2D eigenvalue weighted by molar-refractivity contribution is 6.09. The summed E-state index contributed by atoms with van der Waals surface area (Å²) in [5, 5.41) is 6.27. The van der Waals surface area contributed by atoms with E-state index in [9.17, 15) is 9.59 Å². The minimum Gasteiger partial charge on any atom is -0.367 e. The van der Waals surface area contributed by atoms with E-state index in [0.29, 0.717) is 29.2 Å². The fourth-order valence-electron chi connectivity index (χ4n) is 2.86. The number of amides is 1. The van der Waals surface area contributed by atoms with Gasteiger partial charge in [0.05, 0.1) is 0 Å². The van der Waals surface area contributed by atoms with Gasteiger partial charge in [-0.25, -0.2) is 0 Å². The van der Waals surface area contributed by atoms with Crippen molar-refractivity contribution in [2.75, 3.05) is 19.6 Å². The molecule has 0 saturated carbocycles. The largest absolute Gasteiger partial charge is 0.367 e. The lowest BCUT2D eigenvalue weighted by Crippen LogP contribution is -2.26. The molecule has 5 nitrogen and oxygen atoms in total. The molecule has 1 aromatic carbocycles. The van der Waals surface area contributed by atoms with Gasteiger partial charge in [0, 0.05) is 35.6 Å². The minimum absolute atomic E-state index is 0. The average molecular weight is 348 g/mol. The van der Waals surface area contributed by atoms with Crippen LogP contribution in [0.4, 0.5) is 0 Å². The molecule has 0 radical (unpaired) electrons. The van der Waals surface area contributed by atoms with Crippen LogP contribution >= 0.6 is 12.4 Å². The highest BCUT2D eigenvalue weighted by atomic mass is 35.5. The first-order chi connectivity index (χ1) is 11.2. The number of aromatic nitrogens is 1. The third-order valence-electron chi connectivity index (χ3n) is 4.27. The quantitative estimate of drug-likeness (QED) is 0.702. The molecule has 2 aromatic rings. The first-order valence-corrected chi connectivity index (χ1v) is 8.00. The van der Waals surface area contributed by atoms with Crippen molar-refractivity contribution in [1.82, 2.24) is 15.6 Å². The molecular formula is C18H22ClN3O2. The van der Waals surface area contributed by atoms with Gasteiger partial charge in [-0.2, -0.15) is 0 Å². The van der Waals surface area contributed by atoms with Gasteiger partial charge in [0.15, 0.2) is 5.78 Å². The zero-order valence-corrected chi connectivity index (χ0v) is 14.2. The normalized spacial score (nSPS) is 16.4. The van der Waals surface area contributed by atoms with Crippen LogP contribution in [0.15, 0.2) is 42.7 Å². The molecule has 0 bridgehead atoms. The van der Waals surface area contributed by atoms with Crippen molar-refractivity contribution in [3.8, 4) is 0 Å². The molecule has 2 heterocycles. The zero-order valence-electron chi connectivity index (χ0n) is 13.4. The Hall–Kier alpha value is -2.11. The summed E-state index contributed by atoms with van der Waals surface area (Å²) < 4.78 is 0. The van der Waals surface area contributed by atoms with E-state index in [1.54, 1.807) is 42.7 Å². The summed E-state index contributed by atoms with van der Waals surface area (Å²) in [4.78, 5) is 27.2. The minimum atomic E-state index is -0.0865. The second-order valence-corrected chi connectivity index (χ2v) is 5.91. The van der Waals surface area contributed by atoms with Crippen LogP contribution in [0, 0.1) is 5.92 Å². The van der Waals surface area contributed by atoms with E-state index < -0.39 is 0 Å². The van der Waals surface area contributed by atoms with Gasteiger partial charge < -0.3 is 15.6 Å². The summed E-state index contributed by atoms with van der Waals surface area (Å²) in [6, 6.07) is 8.54. The average Bonchev–Trinajstić information content (AvgIpc) is 3.28. The molecule has 24 heavy (non-hydrogen) atoms. The number of nitrogens with one attached hydrogen (secondary N) is 3. The smallest absolute Gasteiger partial charge is 0.251 e. The molecule has 3 rings (SSSR count). The third-order valence-corrected chi connectivity index (χ3v) is 4.27. The first kappa shape index (κ1) is 18.2. The second-order valence-electron chi connectivity index (χ2n) is 5.91. The maximum absolute atomic E-state index is 12.2. The number of benzene rings is 1. The molecule has 1 unspecified atom stereocenters. The van der Waals surface area contributed by atoms with E-state index in [-0.39, 0.29) is 24.1 Å². The summed E-state index contributed by atoms with van der Waals surface area (Å²) in [6.45, 7) is 2.82. The van der Waals surface area contributed by atoms with Gasteiger partial charge >= 0.3 is 0 Å². The number of H-pyrrole nitrogens is 1. The number of carbonyl (C=O) groups is 2. The molecule has 1 saturated heterocycles. The van der Waals surface area contributed by atoms with Crippen LogP contribution in [0.25, 0.3) is 0 Å². The van der Waals surface area contributed by atoms with Crippen molar-refractivity contribution in [2.24, 2.45) is 5.92 Å². The molecule has 0 spiro atoms. The molecule has 1 aliphatic heterocycles. The van der Waals surface area contributed by atoms with Crippen molar-refractivity contribution in [3.63, 3.8) is 0 Å². The van der Waals surface area contributed by atoms with Crippen LogP contribution in [-0.2, 0) is 0 Å². The predicted octanol–water partition coefficient (Wildman–Crippen LogP) is 2.40. The van der Waals surface area contributed by atoms with E-state index >= 15 is 0 Å². The van der Waals surface area contributed by atoms with Gasteiger partial charge in [-0.15, -0.1) is 12.4 Å². The Morgan fingerprint density at radius 3 is 2.46 bits per heavy atom. The molecule has 1 aliphatic rings. The van der Waals surface area contributed by atoms with Gasteiger partial charge in [-0.05, 0) is 50.0 Å². The molecule has 128 valence electrons. The van der Waals surface area contributed by atoms with Crippen LogP contribution in [0.3, 0.4) is 0 Å². The lowest BCUT2D eigenvalue weighted by atomic mass is 10.0. The summed E-state index contributed by atoms with van der Waals surface area (Å²) >= 11 is 0. The van der Waals surface area contributed by atoms with E-state index in [1.165, 1.54) is 6.42 Å². The Kier molecular flexibility index (Phi) is 6.58. The predicted molar refractivity (Wildman–Crippen MR) is 95.8 cm³/mol. The van der Waals surface area contributed by atoms with Crippen LogP contribution in [0.2, 0.25) is 0 Å². The number of rotatable bonds is 6. The van der Waals surface area contributed by atoms with Crippen LogP contribution in [0.5, 0.6) is 0 Å². The Morgan fingerprint density at radius 1 is 1.08 bits per heavy atom. The maximum atomic E-state index is 12.2. The van der Waals surface area contributed by atoms with Gasteiger partial charge in [0.2, 0.25) is 0 Å². The van der Waals surface area contributed by atoms with Crippen LogP contribution < -0.4 is 10.6 Å². The Balaban J connectivity index is 0.00000208. The Morgan fingerprint density at radius 2 is 1.83 bits per heavy atom. The molecule has 3 N–H and O–H groups in total. The fraction of sp³-hybridized carbons (Fsp3) is 0.333. The standard InChI is InChI=1S/C18H21N3O2.ClH/c22-17(16-7-9-20-12-16)14-1-3-15(4-2-14)18(23)21-10-6-13-5-8-19-11-13;/h1-4,7,9,12-13,19-20H,5-6,8,10-11H2,(H,21,23);1H. The first-order valence-electron chi connectivity index (χ1n) is 8.00. The van der Waals surface area contributed by atoms with E-state index in [1.807, 2.05) is 0 Å². The molecule has 0 aliphatic carbocycles. The number of ketones is 1. The zero-order chi connectivity index (χ0) is 16.1. The number of hydrogen-bond acceptors (Lipinski definition) is 3. The number of aromatic amines is 1. The van der Waals surface area contributed by atoms with Crippen molar-refractivity contribution in [2.45, 2.75) is 12.8 Å². The molecule has 6 heteroatoms. The van der Waals surface area contributed by atoms with E-state index in [0.717, 1.165) is 19.5 Å². The molecule has 1 atom stereocenters. The van der Waals surface area contributed by atoms with E-state index in [2.05, 4.69) is 15.6 Å². The van der Waals surface area contributed by atoms with Gasteiger partial charge in [-0.1, -0.05) is 12.1 Å². The molecule has 1 aromatic heterocycles. The lowest BCUT2D eigenvalue weighted by Gasteiger charge is -2.09. The van der Waals surface area contributed by atoms with Crippen molar-refractivity contribution in [3.05, 3.63) is 59.4 Å². The van der Waals surface area contributed by atoms with Crippen LogP contribution in [0.1, 0.15) is 39.1 Å². The molecule has 1 fully saturated rings. The van der Waals surface area contributed by atoms with Crippen molar-refractivity contribution in [1.29, 1.82) is 0 Å². The topological polar surface area (TPSA) is 74.0 Å². The number of halogens is 1. The Labute approximate surface area is 147 Å². The van der Waals surface area contributed by atoms with Gasteiger partial charge in [0.1, 0.15) is 0 Å². The Bertz CT molecular complexity index is 662. The SMILES string of the molecule is Cl.O=C(NCCC1CCNC1)c1ccc(C(=O)c2cc[nH]c2)cc1. The highest BCUT2D eigenvalue weighted by Crippen LogP contribution is 2.12. The van der Waals surface area contributed by atoms with Crippen molar-refractivity contribution < 1.29 is 9.59 Å². The van der Waals surface area contributed by atoms with Gasteiger partial charge in [0.25, 0.3) is 5.91 Å². The third kappa shape index (κ3) is 4.46. The summed E-state index contributed by atoms with van der Waals surface area (Å²) in [5.41, 5.74) is 1.78. The summed E-state index contributed by atoms with van der Waals surface area (Å²) in [7, 11) is 0. The second kappa shape index (κ2) is 8.66. The molecule has 1 amide bonds. The van der Waals surface area contributed by atoms with Crippen molar-refractivity contribution >= 4 is 24.1 Å². The molecular weight excluding hydrogens is 326 g/mol. The van der Waals surface area contributed by atoms with Gasteiger partial charge in [-0.3, -0.25) is 9.59 Å². The number of hydrogen-bond donors (Lipinski definition) is 3. The number of carbonyl (C=O) groups excluding carboxylic acids is 2. The summed E-state index contributed by atoms with van der Waals surface area (Å²) in [5.74, 6) is 0.528. The maximum Gasteiger partial charge on any atom is 0.251 e. The van der Waals surface area contributed by atoms with Crippen LogP contribution in [-0.4, -0.2) is 36.3 Å². The lowest BCUT2D eigenvalue weighted by molar-refractivity contribution is 0.0950. The monoisotopic (exact) mass is 347 g/mol. The highest BCUT2D eigenvalue weighted by Gasteiger charge is 2.15. The van der Waals surface area contributed by atoms with E-state index in [4.69, 9.17) is 0 Å².